The number of piperidine rings is 1. The predicted molar refractivity (Wildman–Crippen MR) is 67.0 cm³/mol. The largest absolute Gasteiger partial charge is 0.296 e. The van der Waals surface area contributed by atoms with Crippen molar-refractivity contribution >= 4 is 43.7 Å². The number of carbonyl (C=O) groups excluding carboxylic acids is 2. The number of imide groups is 1. The molecule has 0 aromatic heterocycles. The van der Waals surface area contributed by atoms with Crippen LogP contribution in [0.25, 0.3) is 0 Å². The highest BCUT2D eigenvalue weighted by Gasteiger charge is 2.26. The van der Waals surface area contributed by atoms with Crippen molar-refractivity contribution in [2.24, 2.45) is 0 Å². The third kappa shape index (κ3) is 2.52. The van der Waals surface area contributed by atoms with Gasteiger partial charge in [-0.25, -0.2) is 0 Å². The number of carbonyl (C=O) groups is 2. The first-order chi connectivity index (χ1) is 7.56. The lowest BCUT2D eigenvalue weighted by atomic mass is 9.89. The molecule has 2 rings (SSSR count). The summed E-state index contributed by atoms with van der Waals surface area (Å²) in [4.78, 5) is 22.5. The van der Waals surface area contributed by atoms with Crippen LogP contribution in [0.3, 0.4) is 0 Å². The maximum absolute atomic E-state index is 11.3. The van der Waals surface area contributed by atoms with E-state index >= 15 is 0 Å². The Balaban J connectivity index is 2.26. The molecule has 3 nitrogen and oxygen atoms in total. The van der Waals surface area contributed by atoms with E-state index in [2.05, 4.69) is 37.2 Å². The molecule has 1 aliphatic heterocycles. The van der Waals surface area contributed by atoms with Crippen molar-refractivity contribution in [2.75, 3.05) is 0 Å². The van der Waals surface area contributed by atoms with Gasteiger partial charge < -0.3 is 0 Å². The molecule has 0 spiro atoms. The summed E-state index contributed by atoms with van der Waals surface area (Å²) in [6.45, 7) is 0. The summed E-state index contributed by atoms with van der Waals surface area (Å²) in [5.41, 5.74) is 1.01. The van der Waals surface area contributed by atoms with E-state index in [-0.39, 0.29) is 17.7 Å². The first-order valence-corrected chi connectivity index (χ1v) is 6.42. The fourth-order valence-electron chi connectivity index (χ4n) is 1.78. The molecule has 0 saturated carbocycles. The van der Waals surface area contributed by atoms with Crippen molar-refractivity contribution in [3.8, 4) is 0 Å². The monoisotopic (exact) mass is 345 g/mol. The van der Waals surface area contributed by atoms with Crippen LogP contribution >= 0.6 is 31.9 Å². The second-order valence-electron chi connectivity index (χ2n) is 3.75. The Labute approximate surface area is 110 Å². The molecule has 84 valence electrons. The number of halogens is 2. The van der Waals surface area contributed by atoms with Crippen molar-refractivity contribution in [3.05, 3.63) is 32.7 Å². The van der Waals surface area contributed by atoms with E-state index in [0.717, 1.165) is 14.5 Å². The zero-order valence-corrected chi connectivity index (χ0v) is 11.5. The van der Waals surface area contributed by atoms with E-state index in [1.807, 2.05) is 18.2 Å². The van der Waals surface area contributed by atoms with Crippen LogP contribution in [-0.2, 0) is 9.59 Å². The van der Waals surface area contributed by atoms with E-state index in [0.29, 0.717) is 12.8 Å². The van der Waals surface area contributed by atoms with Crippen molar-refractivity contribution < 1.29 is 9.59 Å². The number of hydrogen-bond acceptors (Lipinski definition) is 2. The van der Waals surface area contributed by atoms with Gasteiger partial charge in [0.05, 0.1) is 0 Å². The molecule has 0 bridgehead atoms. The van der Waals surface area contributed by atoms with Crippen molar-refractivity contribution in [3.63, 3.8) is 0 Å². The SMILES string of the molecule is O=C1CC(c2ccc(Br)c(Br)c2)CC(=O)N1. The molecule has 1 N–H and O–H groups in total. The second-order valence-corrected chi connectivity index (χ2v) is 5.46. The summed E-state index contributed by atoms with van der Waals surface area (Å²) in [5.74, 6) is -0.397. The van der Waals surface area contributed by atoms with Crippen molar-refractivity contribution in [2.45, 2.75) is 18.8 Å². The van der Waals surface area contributed by atoms with E-state index in [1.165, 1.54) is 0 Å². The highest BCUT2D eigenvalue weighted by atomic mass is 79.9. The number of hydrogen-bond donors (Lipinski definition) is 1. The number of amides is 2. The van der Waals surface area contributed by atoms with Gasteiger partial charge in [-0.2, -0.15) is 0 Å². The first-order valence-electron chi connectivity index (χ1n) is 4.84. The van der Waals surface area contributed by atoms with Gasteiger partial charge in [0.1, 0.15) is 0 Å². The van der Waals surface area contributed by atoms with Gasteiger partial charge in [-0.1, -0.05) is 6.07 Å². The topological polar surface area (TPSA) is 46.2 Å². The minimum Gasteiger partial charge on any atom is -0.296 e. The van der Waals surface area contributed by atoms with Gasteiger partial charge in [0, 0.05) is 27.7 Å². The van der Waals surface area contributed by atoms with E-state index < -0.39 is 0 Å². The lowest BCUT2D eigenvalue weighted by Gasteiger charge is -2.21. The maximum atomic E-state index is 11.3. The third-order valence-corrected chi connectivity index (χ3v) is 4.44. The Morgan fingerprint density at radius 3 is 2.25 bits per heavy atom. The Kier molecular flexibility index (Phi) is 3.44. The van der Waals surface area contributed by atoms with E-state index in [4.69, 9.17) is 0 Å². The van der Waals surface area contributed by atoms with Crippen LogP contribution in [0.5, 0.6) is 0 Å². The van der Waals surface area contributed by atoms with Crippen LogP contribution in [-0.4, -0.2) is 11.8 Å². The van der Waals surface area contributed by atoms with Gasteiger partial charge in [-0.05, 0) is 49.6 Å². The Morgan fingerprint density at radius 1 is 1.06 bits per heavy atom. The van der Waals surface area contributed by atoms with Crippen molar-refractivity contribution in [1.29, 1.82) is 0 Å². The Hall–Kier alpha value is -0.680. The number of nitrogens with one attached hydrogen (secondary N) is 1. The molecule has 1 aromatic carbocycles. The standard InChI is InChI=1S/C11H9Br2NO2/c12-8-2-1-6(3-9(8)13)7-4-10(15)14-11(16)5-7/h1-3,7H,4-5H2,(H,14,15,16). The predicted octanol–water partition coefficient (Wildman–Crippen LogP) is 2.73. The molecule has 1 aliphatic rings. The summed E-state index contributed by atoms with van der Waals surface area (Å²) < 4.78 is 1.89. The molecular weight excluding hydrogens is 338 g/mol. The molecule has 1 aromatic rings. The van der Waals surface area contributed by atoms with Crippen LogP contribution in [0.15, 0.2) is 27.1 Å². The molecule has 0 unspecified atom stereocenters. The molecule has 16 heavy (non-hydrogen) atoms. The fraction of sp³-hybridized carbons (Fsp3) is 0.273. The fourth-order valence-corrected chi connectivity index (χ4v) is 2.42. The molecule has 0 atom stereocenters. The molecule has 1 fully saturated rings. The maximum Gasteiger partial charge on any atom is 0.227 e. The summed E-state index contributed by atoms with van der Waals surface area (Å²) in [6.07, 6.45) is 0.750. The summed E-state index contributed by atoms with van der Waals surface area (Å²) >= 11 is 6.79. The average molecular weight is 347 g/mol. The minimum absolute atomic E-state index is 0.00866. The molecule has 1 heterocycles. The molecule has 1 saturated heterocycles. The average Bonchev–Trinajstić information content (AvgIpc) is 2.20. The second kappa shape index (κ2) is 4.67. The first kappa shape index (κ1) is 11.8. The smallest absolute Gasteiger partial charge is 0.227 e. The van der Waals surface area contributed by atoms with Gasteiger partial charge in [-0.15, -0.1) is 0 Å². The zero-order valence-electron chi connectivity index (χ0n) is 8.30. The molecule has 0 aliphatic carbocycles. The lowest BCUT2D eigenvalue weighted by molar-refractivity contribution is -0.133. The normalized spacial score (nSPS) is 17.4. The Bertz CT molecular complexity index is 443. The van der Waals surface area contributed by atoms with Crippen LogP contribution in [0.2, 0.25) is 0 Å². The number of benzene rings is 1. The van der Waals surface area contributed by atoms with E-state index in [1.54, 1.807) is 0 Å². The quantitative estimate of drug-likeness (QED) is 0.795. The highest BCUT2D eigenvalue weighted by Crippen LogP contribution is 2.31. The minimum atomic E-state index is -0.194. The van der Waals surface area contributed by atoms with Crippen LogP contribution < -0.4 is 5.32 Å². The summed E-state index contributed by atoms with van der Waals surface area (Å²) in [7, 11) is 0. The van der Waals surface area contributed by atoms with Crippen LogP contribution in [0, 0.1) is 0 Å². The van der Waals surface area contributed by atoms with Gasteiger partial charge in [-0.3, -0.25) is 14.9 Å². The van der Waals surface area contributed by atoms with Gasteiger partial charge in [0.15, 0.2) is 0 Å². The van der Waals surface area contributed by atoms with Crippen molar-refractivity contribution in [1.82, 2.24) is 5.32 Å². The molecule has 5 heteroatoms. The van der Waals surface area contributed by atoms with E-state index in [9.17, 15) is 9.59 Å². The van der Waals surface area contributed by atoms with Crippen LogP contribution in [0.4, 0.5) is 0 Å². The van der Waals surface area contributed by atoms with Gasteiger partial charge in [0.2, 0.25) is 11.8 Å². The molecular formula is C11H9Br2NO2. The van der Waals surface area contributed by atoms with Gasteiger partial charge >= 0.3 is 0 Å². The number of rotatable bonds is 1. The summed E-state index contributed by atoms with van der Waals surface area (Å²) in [6, 6.07) is 5.79. The third-order valence-electron chi connectivity index (χ3n) is 2.56. The zero-order chi connectivity index (χ0) is 11.7. The summed E-state index contributed by atoms with van der Waals surface area (Å²) in [5, 5.41) is 2.31. The highest BCUT2D eigenvalue weighted by molar-refractivity contribution is 9.13. The van der Waals surface area contributed by atoms with Crippen LogP contribution in [0.1, 0.15) is 24.3 Å². The molecule has 2 amide bonds. The van der Waals surface area contributed by atoms with Gasteiger partial charge in [0.25, 0.3) is 0 Å². The Morgan fingerprint density at radius 2 is 1.69 bits per heavy atom. The molecule has 0 radical (unpaired) electrons. The lowest BCUT2D eigenvalue weighted by Crippen LogP contribution is -2.37.